The normalized spacial score (nSPS) is 33.6. The van der Waals surface area contributed by atoms with Gasteiger partial charge in [-0.25, -0.2) is 0 Å². The molecule has 0 aromatic rings. The molecule has 2 atom stereocenters. The molecule has 0 aromatic heterocycles. The van der Waals surface area contributed by atoms with Gasteiger partial charge in [-0.3, -0.25) is 0 Å². The molecule has 0 heterocycles. The van der Waals surface area contributed by atoms with Gasteiger partial charge in [-0.2, -0.15) is 0 Å². The van der Waals surface area contributed by atoms with E-state index in [1.807, 2.05) is 13.8 Å². The Labute approximate surface area is 86.4 Å². The molecule has 1 fully saturated rings. The van der Waals surface area contributed by atoms with Crippen molar-refractivity contribution in [2.75, 3.05) is 13.7 Å². The van der Waals surface area contributed by atoms with E-state index in [9.17, 15) is 5.11 Å². The van der Waals surface area contributed by atoms with E-state index in [-0.39, 0.29) is 12.2 Å². The van der Waals surface area contributed by atoms with Gasteiger partial charge in [0.25, 0.3) is 0 Å². The minimum atomic E-state index is -0.767. The van der Waals surface area contributed by atoms with E-state index in [4.69, 9.17) is 9.47 Å². The molecule has 84 valence electrons. The summed E-state index contributed by atoms with van der Waals surface area (Å²) in [6.07, 6.45) is 4.04. The second-order valence-corrected chi connectivity index (χ2v) is 4.43. The fourth-order valence-electron chi connectivity index (χ4n) is 2.00. The molecule has 3 nitrogen and oxygen atoms in total. The SMILES string of the molecule is COC1CCCCC1(O)COC(C)C. The third-order valence-corrected chi connectivity index (χ3v) is 2.88. The van der Waals surface area contributed by atoms with Gasteiger partial charge in [0.1, 0.15) is 5.60 Å². The van der Waals surface area contributed by atoms with Gasteiger partial charge in [0.15, 0.2) is 0 Å². The minimum Gasteiger partial charge on any atom is -0.385 e. The summed E-state index contributed by atoms with van der Waals surface area (Å²) in [5.41, 5.74) is -0.767. The lowest BCUT2D eigenvalue weighted by Crippen LogP contribution is -2.50. The van der Waals surface area contributed by atoms with Gasteiger partial charge >= 0.3 is 0 Å². The fraction of sp³-hybridized carbons (Fsp3) is 1.00. The van der Waals surface area contributed by atoms with Crippen LogP contribution in [0.1, 0.15) is 39.5 Å². The zero-order valence-electron chi connectivity index (χ0n) is 9.45. The van der Waals surface area contributed by atoms with Crippen LogP contribution >= 0.6 is 0 Å². The summed E-state index contributed by atoms with van der Waals surface area (Å²) in [4.78, 5) is 0. The smallest absolute Gasteiger partial charge is 0.114 e. The maximum absolute atomic E-state index is 10.3. The zero-order valence-corrected chi connectivity index (χ0v) is 9.45. The third-order valence-electron chi connectivity index (χ3n) is 2.88. The molecule has 1 rings (SSSR count). The monoisotopic (exact) mass is 202 g/mol. The summed E-state index contributed by atoms with van der Waals surface area (Å²) in [6.45, 7) is 4.35. The van der Waals surface area contributed by atoms with Crippen LogP contribution < -0.4 is 0 Å². The summed E-state index contributed by atoms with van der Waals surface area (Å²) in [5.74, 6) is 0. The molecule has 0 aliphatic heterocycles. The van der Waals surface area contributed by atoms with Crippen LogP contribution in [-0.4, -0.2) is 36.6 Å². The van der Waals surface area contributed by atoms with Crippen molar-refractivity contribution in [1.82, 2.24) is 0 Å². The molecule has 0 radical (unpaired) electrons. The molecule has 0 bridgehead atoms. The van der Waals surface area contributed by atoms with Crippen LogP contribution in [0.4, 0.5) is 0 Å². The predicted molar refractivity (Wildman–Crippen MR) is 55.3 cm³/mol. The number of methoxy groups -OCH3 is 1. The summed E-state index contributed by atoms with van der Waals surface area (Å²) < 4.78 is 10.8. The lowest BCUT2D eigenvalue weighted by molar-refractivity contribution is -0.158. The molecule has 1 aliphatic rings. The van der Waals surface area contributed by atoms with Crippen molar-refractivity contribution in [3.8, 4) is 0 Å². The van der Waals surface area contributed by atoms with E-state index in [2.05, 4.69) is 0 Å². The first-order chi connectivity index (χ1) is 6.58. The van der Waals surface area contributed by atoms with Crippen molar-refractivity contribution in [3.05, 3.63) is 0 Å². The number of aliphatic hydroxyl groups is 1. The Morgan fingerprint density at radius 2 is 2.14 bits per heavy atom. The average molecular weight is 202 g/mol. The molecule has 0 spiro atoms. The summed E-state index contributed by atoms with van der Waals surface area (Å²) in [5, 5.41) is 10.3. The highest BCUT2D eigenvalue weighted by Gasteiger charge is 2.39. The molecule has 2 unspecified atom stereocenters. The Kier molecular flexibility index (Phi) is 4.35. The van der Waals surface area contributed by atoms with E-state index in [1.54, 1.807) is 7.11 Å². The standard InChI is InChI=1S/C11H22O3/c1-9(2)14-8-11(12)7-5-4-6-10(11)13-3/h9-10,12H,4-8H2,1-3H3. The average Bonchev–Trinajstić information content (AvgIpc) is 2.16. The van der Waals surface area contributed by atoms with Crippen molar-refractivity contribution in [1.29, 1.82) is 0 Å². The van der Waals surface area contributed by atoms with Gasteiger partial charge in [-0.1, -0.05) is 12.8 Å². The van der Waals surface area contributed by atoms with Crippen LogP contribution in [0.3, 0.4) is 0 Å². The molecule has 1 aliphatic carbocycles. The Bertz CT molecular complexity index is 170. The second kappa shape index (κ2) is 5.10. The largest absolute Gasteiger partial charge is 0.385 e. The van der Waals surface area contributed by atoms with Crippen molar-refractivity contribution >= 4 is 0 Å². The lowest BCUT2D eigenvalue weighted by atomic mass is 9.82. The number of rotatable bonds is 4. The molecular formula is C11H22O3. The van der Waals surface area contributed by atoms with Crippen molar-refractivity contribution in [2.24, 2.45) is 0 Å². The quantitative estimate of drug-likeness (QED) is 0.754. The lowest BCUT2D eigenvalue weighted by Gasteiger charge is -2.39. The van der Waals surface area contributed by atoms with Crippen LogP contribution in [0.25, 0.3) is 0 Å². The molecular weight excluding hydrogens is 180 g/mol. The maximum atomic E-state index is 10.3. The van der Waals surface area contributed by atoms with Gasteiger partial charge < -0.3 is 14.6 Å². The number of hydrogen-bond donors (Lipinski definition) is 1. The van der Waals surface area contributed by atoms with Crippen LogP contribution in [0.2, 0.25) is 0 Å². The Morgan fingerprint density at radius 3 is 2.71 bits per heavy atom. The fourth-order valence-corrected chi connectivity index (χ4v) is 2.00. The van der Waals surface area contributed by atoms with Crippen LogP contribution in [0.15, 0.2) is 0 Å². The minimum absolute atomic E-state index is 0.0602. The van der Waals surface area contributed by atoms with E-state index in [0.29, 0.717) is 6.61 Å². The van der Waals surface area contributed by atoms with Crippen LogP contribution in [0.5, 0.6) is 0 Å². The second-order valence-electron chi connectivity index (χ2n) is 4.43. The Balaban J connectivity index is 2.49. The molecule has 3 heteroatoms. The first-order valence-electron chi connectivity index (χ1n) is 5.45. The highest BCUT2D eigenvalue weighted by atomic mass is 16.5. The summed E-state index contributed by atoms with van der Waals surface area (Å²) in [6, 6.07) is 0. The van der Waals surface area contributed by atoms with E-state index in [1.165, 1.54) is 0 Å². The van der Waals surface area contributed by atoms with Gasteiger partial charge in [0, 0.05) is 7.11 Å². The van der Waals surface area contributed by atoms with Crippen molar-refractivity contribution < 1.29 is 14.6 Å². The number of ether oxygens (including phenoxy) is 2. The molecule has 0 amide bonds. The molecule has 14 heavy (non-hydrogen) atoms. The first kappa shape index (κ1) is 12.0. The summed E-state index contributed by atoms with van der Waals surface area (Å²) >= 11 is 0. The maximum Gasteiger partial charge on any atom is 0.114 e. The molecule has 0 aromatic carbocycles. The van der Waals surface area contributed by atoms with Gasteiger partial charge in [-0.05, 0) is 26.7 Å². The number of hydrogen-bond acceptors (Lipinski definition) is 3. The molecule has 1 saturated carbocycles. The topological polar surface area (TPSA) is 38.7 Å². The van der Waals surface area contributed by atoms with Crippen molar-refractivity contribution in [2.45, 2.75) is 57.3 Å². The van der Waals surface area contributed by atoms with E-state index in [0.717, 1.165) is 25.7 Å². The van der Waals surface area contributed by atoms with Crippen molar-refractivity contribution in [3.63, 3.8) is 0 Å². The van der Waals surface area contributed by atoms with Gasteiger partial charge in [-0.15, -0.1) is 0 Å². The predicted octanol–water partition coefficient (Wildman–Crippen LogP) is 1.73. The van der Waals surface area contributed by atoms with E-state index < -0.39 is 5.60 Å². The van der Waals surface area contributed by atoms with Gasteiger partial charge in [0.05, 0.1) is 18.8 Å². The molecule has 0 saturated heterocycles. The van der Waals surface area contributed by atoms with Crippen LogP contribution in [-0.2, 0) is 9.47 Å². The Hall–Kier alpha value is -0.120. The summed E-state index contributed by atoms with van der Waals surface area (Å²) in [7, 11) is 1.66. The zero-order chi connectivity index (χ0) is 10.6. The third kappa shape index (κ3) is 2.94. The van der Waals surface area contributed by atoms with Crippen LogP contribution in [0, 0.1) is 0 Å². The highest BCUT2D eigenvalue weighted by Crippen LogP contribution is 2.30. The first-order valence-corrected chi connectivity index (χ1v) is 5.45. The molecule has 1 N–H and O–H groups in total. The van der Waals surface area contributed by atoms with Gasteiger partial charge in [0.2, 0.25) is 0 Å². The van der Waals surface area contributed by atoms with E-state index >= 15 is 0 Å². The Morgan fingerprint density at radius 1 is 1.43 bits per heavy atom. The highest BCUT2D eigenvalue weighted by molar-refractivity contribution is 4.91.